The molecule has 1 aromatic rings. The number of halogens is 2. The summed E-state index contributed by atoms with van der Waals surface area (Å²) in [5.74, 6) is 1.12. The minimum Gasteiger partial charge on any atom is -0.492 e. The molecule has 3 N–H and O–H groups in total. The van der Waals surface area contributed by atoms with Crippen molar-refractivity contribution in [2.75, 3.05) is 13.2 Å². The molecule has 0 aliphatic carbocycles. The number of hydrogen-bond donors (Lipinski definition) is 3. The van der Waals surface area contributed by atoms with Gasteiger partial charge in [-0.15, -0.1) is 0 Å². The Balaban J connectivity index is 1.63. The maximum atomic E-state index is 12.0. The summed E-state index contributed by atoms with van der Waals surface area (Å²) in [6.45, 7) is 5.32. The van der Waals surface area contributed by atoms with Gasteiger partial charge < -0.3 is 10.1 Å². The zero-order chi connectivity index (χ0) is 16.8. The first-order chi connectivity index (χ1) is 11.0. The van der Waals surface area contributed by atoms with Crippen LogP contribution in [0.4, 0.5) is 0 Å². The first kappa shape index (κ1) is 18.3. The summed E-state index contributed by atoms with van der Waals surface area (Å²) < 4.78 is 5.58. The minimum atomic E-state index is -0.172. The standard InChI is InChI=1S/C16H23Cl2N3O2/c1-10(2)13-9-14(21-20-13)16(22)19-6-3-7-23-15-5-4-11(17)8-12(15)18/h4-5,8,10,13-14,20-21H,3,6-7,9H2,1-2H3,(H,19,22). The quantitative estimate of drug-likeness (QED) is 0.655. The summed E-state index contributed by atoms with van der Waals surface area (Å²) in [6.07, 6.45) is 1.51. The van der Waals surface area contributed by atoms with Crippen LogP contribution in [0.5, 0.6) is 5.75 Å². The van der Waals surface area contributed by atoms with Crippen molar-refractivity contribution in [2.45, 2.75) is 38.8 Å². The Labute approximate surface area is 147 Å². The summed E-state index contributed by atoms with van der Waals surface area (Å²) in [5, 5.41) is 3.98. The molecule has 1 aliphatic rings. The third-order valence-electron chi connectivity index (χ3n) is 3.83. The summed E-state index contributed by atoms with van der Waals surface area (Å²) >= 11 is 11.9. The van der Waals surface area contributed by atoms with Crippen LogP contribution in [0.15, 0.2) is 18.2 Å². The largest absolute Gasteiger partial charge is 0.492 e. The average Bonchev–Trinajstić information content (AvgIpc) is 2.99. The topological polar surface area (TPSA) is 62.4 Å². The fraction of sp³-hybridized carbons (Fsp3) is 0.562. The fourth-order valence-corrected chi connectivity index (χ4v) is 2.84. The van der Waals surface area contributed by atoms with E-state index in [0.29, 0.717) is 47.3 Å². The molecule has 1 saturated heterocycles. The number of carbonyl (C=O) groups is 1. The molecular formula is C16H23Cl2N3O2. The van der Waals surface area contributed by atoms with E-state index in [2.05, 4.69) is 30.0 Å². The molecule has 1 heterocycles. The third kappa shape index (κ3) is 5.53. The van der Waals surface area contributed by atoms with Crippen molar-refractivity contribution in [1.82, 2.24) is 16.2 Å². The van der Waals surface area contributed by atoms with Crippen molar-refractivity contribution < 1.29 is 9.53 Å². The average molecular weight is 360 g/mol. The number of amides is 1. The normalized spacial score (nSPS) is 20.7. The monoisotopic (exact) mass is 359 g/mol. The van der Waals surface area contributed by atoms with Gasteiger partial charge in [0.25, 0.3) is 0 Å². The molecule has 1 aromatic carbocycles. The summed E-state index contributed by atoms with van der Waals surface area (Å²) in [4.78, 5) is 12.0. The van der Waals surface area contributed by atoms with E-state index >= 15 is 0 Å². The highest BCUT2D eigenvalue weighted by Crippen LogP contribution is 2.27. The van der Waals surface area contributed by atoms with Crippen molar-refractivity contribution >= 4 is 29.1 Å². The van der Waals surface area contributed by atoms with E-state index in [9.17, 15) is 4.79 Å². The molecule has 128 valence electrons. The van der Waals surface area contributed by atoms with Gasteiger partial charge >= 0.3 is 0 Å². The molecule has 0 aromatic heterocycles. The van der Waals surface area contributed by atoms with Crippen LogP contribution in [-0.2, 0) is 4.79 Å². The maximum absolute atomic E-state index is 12.0. The Morgan fingerprint density at radius 1 is 1.39 bits per heavy atom. The molecule has 7 heteroatoms. The lowest BCUT2D eigenvalue weighted by molar-refractivity contribution is -0.122. The number of rotatable bonds is 7. The van der Waals surface area contributed by atoms with Crippen LogP contribution in [0, 0.1) is 5.92 Å². The van der Waals surface area contributed by atoms with Gasteiger partial charge in [-0.1, -0.05) is 37.0 Å². The summed E-state index contributed by atoms with van der Waals surface area (Å²) in [6, 6.07) is 5.28. The molecule has 5 nitrogen and oxygen atoms in total. The van der Waals surface area contributed by atoms with Crippen molar-refractivity contribution in [3.05, 3.63) is 28.2 Å². The molecule has 2 rings (SSSR count). The van der Waals surface area contributed by atoms with Crippen LogP contribution in [0.3, 0.4) is 0 Å². The number of nitrogens with one attached hydrogen (secondary N) is 3. The fourth-order valence-electron chi connectivity index (χ4n) is 2.37. The molecule has 1 fully saturated rings. The first-order valence-corrected chi connectivity index (χ1v) is 8.59. The Hall–Kier alpha value is -1.01. The lowest BCUT2D eigenvalue weighted by atomic mass is 9.99. The van der Waals surface area contributed by atoms with Gasteiger partial charge in [-0.05, 0) is 37.0 Å². The van der Waals surface area contributed by atoms with Crippen LogP contribution < -0.4 is 20.9 Å². The molecular weight excluding hydrogens is 337 g/mol. The SMILES string of the molecule is CC(C)C1CC(C(=O)NCCCOc2ccc(Cl)cc2Cl)NN1. The summed E-state index contributed by atoms with van der Waals surface area (Å²) in [5.41, 5.74) is 6.20. The van der Waals surface area contributed by atoms with Crippen LogP contribution in [0.2, 0.25) is 10.0 Å². The Bertz CT molecular complexity index is 540. The lowest BCUT2D eigenvalue weighted by Gasteiger charge is -2.13. The second-order valence-electron chi connectivity index (χ2n) is 6.00. The van der Waals surface area contributed by atoms with Gasteiger partial charge in [-0.3, -0.25) is 10.2 Å². The van der Waals surface area contributed by atoms with Crippen LogP contribution in [0.25, 0.3) is 0 Å². The van der Waals surface area contributed by atoms with Gasteiger partial charge in [-0.25, -0.2) is 5.43 Å². The lowest BCUT2D eigenvalue weighted by Crippen LogP contribution is -2.44. The van der Waals surface area contributed by atoms with E-state index in [4.69, 9.17) is 27.9 Å². The highest BCUT2D eigenvalue weighted by Gasteiger charge is 2.30. The number of hydrogen-bond acceptors (Lipinski definition) is 4. The third-order valence-corrected chi connectivity index (χ3v) is 4.36. The van der Waals surface area contributed by atoms with Crippen LogP contribution in [0.1, 0.15) is 26.7 Å². The predicted octanol–water partition coefficient (Wildman–Crippen LogP) is 2.77. The highest BCUT2D eigenvalue weighted by molar-refractivity contribution is 6.35. The Kier molecular flexibility index (Phi) is 6.96. The molecule has 23 heavy (non-hydrogen) atoms. The first-order valence-electron chi connectivity index (χ1n) is 7.84. The highest BCUT2D eigenvalue weighted by atomic mass is 35.5. The number of benzene rings is 1. The van der Waals surface area contributed by atoms with Crippen LogP contribution in [-0.4, -0.2) is 31.1 Å². The number of ether oxygens (including phenoxy) is 1. The summed E-state index contributed by atoms with van der Waals surface area (Å²) in [7, 11) is 0. The van der Waals surface area contributed by atoms with Crippen molar-refractivity contribution in [3.63, 3.8) is 0 Å². The smallest absolute Gasteiger partial charge is 0.238 e. The Morgan fingerprint density at radius 2 is 2.17 bits per heavy atom. The van der Waals surface area contributed by atoms with E-state index in [0.717, 1.165) is 6.42 Å². The van der Waals surface area contributed by atoms with E-state index < -0.39 is 0 Å². The molecule has 0 saturated carbocycles. The molecule has 2 unspecified atom stereocenters. The van der Waals surface area contributed by atoms with Gasteiger partial charge in [0.2, 0.25) is 5.91 Å². The second kappa shape index (κ2) is 8.73. The van der Waals surface area contributed by atoms with Crippen molar-refractivity contribution in [1.29, 1.82) is 0 Å². The van der Waals surface area contributed by atoms with Gasteiger partial charge in [0.15, 0.2) is 0 Å². The Morgan fingerprint density at radius 3 is 2.83 bits per heavy atom. The van der Waals surface area contributed by atoms with Gasteiger partial charge in [0.1, 0.15) is 11.8 Å². The van der Waals surface area contributed by atoms with E-state index in [1.165, 1.54) is 0 Å². The number of hydrazine groups is 1. The van der Waals surface area contributed by atoms with E-state index in [1.54, 1.807) is 18.2 Å². The molecule has 0 radical (unpaired) electrons. The van der Waals surface area contributed by atoms with E-state index in [1.807, 2.05) is 0 Å². The predicted molar refractivity (Wildman–Crippen MR) is 92.9 cm³/mol. The molecule has 1 aliphatic heterocycles. The van der Waals surface area contributed by atoms with Crippen molar-refractivity contribution in [2.24, 2.45) is 5.92 Å². The second-order valence-corrected chi connectivity index (χ2v) is 6.84. The van der Waals surface area contributed by atoms with Crippen LogP contribution >= 0.6 is 23.2 Å². The maximum Gasteiger partial charge on any atom is 0.238 e. The molecule has 1 amide bonds. The van der Waals surface area contributed by atoms with Crippen molar-refractivity contribution in [3.8, 4) is 5.75 Å². The van der Waals surface area contributed by atoms with Gasteiger partial charge in [0.05, 0.1) is 11.6 Å². The zero-order valence-electron chi connectivity index (χ0n) is 13.4. The molecule has 2 atom stereocenters. The van der Waals surface area contributed by atoms with Gasteiger partial charge in [-0.2, -0.15) is 0 Å². The molecule has 0 bridgehead atoms. The number of carbonyl (C=O) groups excluding carboxylic acids is 1. The zero-order valence-corrected chi connectivity index (χ0v) is 14.9. The van der Waals surface area contributed by atoms with Gasteiger partial charge in [0, 0.05) is 17.6 Å². The van der Waals surface area contributed by atoms with E-state index in [-0.39, 0.29) is 11.9 Å². The minimum absolute atomic E-state index is 0.0187. The molecule has 0 spiro atoms.